The van der Waals surface area contributed by atoms with Gasteiger partial charge in [0, 0.05) is 6.20 Å². The van der Waals surface area contributed by atoms with Crippen molar-refractivity contribution in [3.8, 4) is 0 Å². The van der Waals surface area contributed by atoms with Gasteiger partial charge in [0.25, 0.3) is 0 Å². The highest BCUT2D eigenvalue weighted by Gasteiger charge is 2.40. The number of carbonyl (C=O) groups is 1. The van der Waals surface area contributed by atoms with Crippen LogP contribution in [0, 0.1) is 6.92 Å². The van der Waals surface area contributed by atoms with Gasteiger partial charge < -0.3 is 11.1 Å². The summed E-state index contributed by atoms with van der Waals surface area (Å²) in [5.74, 6) is -0.256. The maximum Gasteiger partial charge on any atom is 0.237 e. The zero-order valence-corrected chi connectivity index (χ0v) is 10.4. The van der Waals surface area contributed by atoms with Crippen molar-refractivity contribution in [2.24, 2.45) is 5.73 Å². The average Bonchev–Trinajstić information content (AvgIpc) is 2.76. The van der Waals surface area contributed by atoms with Crippen molar-refractivity contribution >= 4 is 5.91 Å². The molecule has 3 N–H and O–H groups in total. The third-order valence-electron chi connectivity index (χ3n) is 3.79. The Labute approximate surface area is 101 Å². The molecule has 1 aromatic heterocycles. The number of aryl methyl sites for hydroxylation is 1. The highest BCUT2D eigenvalue weighted by atomic mass is 16.1. The number of aromatic nitrogens is 2. The fourth-order valence-corrected chi connectivity index (χ4v) is 2.68. The molecule has 0 spiro atoms. The van der Waals surface area contributed by atoms with E-state index in [1.165, 1.54) is 0 Å². The number of nitrogens with two attached hydrogens (primary N) is 1. The van der Waals surface area contributed by atoms with Crippen LogP contribution in [-0.4, -0.2) is 28.3 Å². The molecule has 0 bridgehead atoms. The first-order chi connectivity index (χ1) is 8.07. The molecule has 17 heavy (non-hydrogen) atoms. The Bertz CT molecular complexity index is 414. The number of nitrogens with zero attached hydrogens (tertiary/aromatic N) is 2. The quantitative estimate of drug-likeness (QED) is 0.813. The molecule has 1 aliphatic rings. The Morgan fingerprint density at radius 2 is 2.47 bits per heavy atom. The minimum Gasteiger partial charge on any atom is -0.368 e. The summed E-state index contributed by atoms with van der Waals surface area (Å²) in [6, 6.07) is 2.25. The second kappa shape index (κ2) is 4.49. The molecule has 1 amide bonds. The molecule has 1 heterocycles. The van der Waals surface area contributed by atoms with Gasteiger partial charge in [-0.05, 0) is 45.7 Å². The van der Waals surface area contributed by atoms with Crippen molar-refractivity contribution in [1.82, 2.24) is 15.1 Å². The van der Waals surface area contributed by atoms with Crippen molar-refractivity contribution in [1.29, 1.82) is 0 Å². The first kappa shape index (κ1) is 12.1. The first-order valence-electron chi connectivity index (χ1n) is 6.08. The lowest BCUT2D eigenvalue weighted by Crippen LogP contribution is -2.56. The van der Waals surface area contributed by atoms with E-state index < -0.39 is 5.54 Å². The molecule has 2 atom stereocenters. The van der Waals surface area contributed by atoms with Crippen LogP contribution in [0.15, 0.2) is 12.3 Å². The van der Waals surface area contributed by atoms with E-state index in [4.69, 9.17) is 5.73 Å². The third kappa shape index (κ3) is 2.20. The van der Waals surface area contributed by atoms with Crippen LogP contribution >= 0.6 is 0 Å². The van der Waals surface area contributed by atoms with Crippen LogP contribution in [0.1, 0.15) is 37.4 Å². The van der Waals surface area contributed by atoms with Gasteiger partial charge in [-0.2, -0.15) is 5.10 Å². The first-order valence-corrected chi connectivity index (χ1v) is 6.08. The molecule has 0 saturated heterocycles. The van der Waals surface area contributed by atoms with E-state index in [0.29, 0.717) is 0 Å². The monoisotopic (exact) mass is 236 g/mol. The molecule has 1 aliphatic carbocycles. The van der Waals surface area contributed by atoms with E-state index in [0.717, 1.165) is 31.4 Å². The van der Waals surface area contributed by atoms with Crippen molar-refractivity contribution in [3.05, 3.63) is 18.0 Å². The van der Waals surface area contributed by atoms with Gasteiger partial charge >= 0.3 is 0 Å². The maximum atomic E-state index is 11.6. The summed E-state index contributed by atoms with van der Waals surface area (Å²) in [7, 11) is 1.81. The molecule has 2 unspecified atom stereocenters. The Morgan fingerprint density at radius 3 is 3.00 bits per heavy atom. The van der Waals surface area contributed by atoms with Crippen molar-refractivity contribution in [2.75, 3.05) is 7.05 Å². The lowest BCUT2D eigenvalue weighted by molar-refractivity contribution is -0.126. The standard InChI is InChI=1S/C12H20N4O/c1-9-5-7-16(15-9)10-4-3-6-12(8-10,14-2)11(13)17/h5,7,10,14H,3-4,6,8H2,1-2H3,(H2,13,17). The minimum atomic E-state index is -0.567. The number of nitrogens with one attached hydrogen (secondary N) is 1. The third-order valence-corrected chi connectivity index (χ3v) is 3.79. The van der Waals surface area contributed by atoms with Gasteiger partial charge in [-0.3, -0.25) is 9.48 Å². The van der Waals surface area contributed by atoms with Gasteiger partial charge in [0.2, 0.25) is 5.91 Å². The lowest BCUT2D eigenvalue weighted by atomic mass is 9.78. The molecule has 1 aromatic rings. The van der Waals surface area contributed by atoms with E-state index in [1.54, 1.807) is 0 Å². The SMILES string of the molecule is CNC1(C(N)=O)CCCC(n2ccc(C)n2)C1. The van der Waals surface area contributed by atoms with Crippen molar-refractivity contribution in [3.63, 3.8) is 0 Å². The molecular formula is C12H20N4O. The molecule has 94 valence electrons. The smallest absolute Gasteiger partial charge is 0.237 e. The van der Waals surface area contributed by atoms with Gasteiger partial charge in [0.15, 0.2) is 0 Å². The second-order valence-electron chi connectivity index (χ2n) is 4.88. The zero-order chi connectivity index (χ0) is 12.5. The van der Waals surface area contributed by atoms with Crippen LogP contribution in [0.4, 0.5) is 0 Å². The van der Waals surface area contributed by atoms with Gasteiger partial charge in [0.05, 0.1) is 17.3 Å². The molecule has 0 aromatic carbocycles. The number of hydrogen-bond acceptors (Lipinski definition) is 3. The summed E-state index contributed by atoms with van der Waals surface area (Å²) in [6.45, 7) is 1.97. The molecule has 0 radical (unpaired) electrons. The molecule has 2 rings (SSSR count). The fourth-order valence-electron chi connectivity index (χ4n) is 2.68. The summed E-state index contributed by atoms with van der Waals surface area (Å²) >= 11 is 0. The summed E-state index contributed by atoms with van der Waals surface area (Å²) in [5, 5.41) is 7.54. The van der Waals surface area contributed by atoms with Crippen molar-refractivity contribution < 1.29 is 4.79 Å². The van der Waals surface area contributed by atoms with Crippen LogP contribution in [0.5, 0.6) is 0 Å². The molecule has 1 fully saturated rings. The number of likely N-dealkylation sites (N-methyl/N-ethyl adjacent to an activating group) is 1. The zero-order valence-electron chi connectivity index (χ0n) is 10.4. The Kier molecular flexibility index (Phi) is 3.19. The van der Waals surface area contributed by atoms with Crippen LogP contribution in [0.25, 0.3) is 0 Å². The van der Waals surface area contributed by atoms with E-state index in [9.17, 15) is 4.79 Å². The van der Waals surface area contributed by atoms with Crippen LogP contribution in [0.2, 0.25) is 0 Å². The second-order valence-corrected chi connectivity index (χ2v) is 4.88. The predicted octanol–water partition coefficient (Wildman–Crippen LogP) is 0.750. The Hall–Kier alpha value is -1.36. The summed E-state index contributed by atoms with van der Waals surface area (Å²) in [5.41, 5.74) is 5.96. The van der Waals surface area contributed by atoms with Gasteiger partial charge in [-0.25, -0.2) is 0 Å². The number of carbonyl (C=O) groups excluding carboxylic acids is 1. The summed E-state index contributed by atoms with van der Waals surface area (Å²) in [4.78, 5) is 11.6. The molecule has 5 heteroatoms. The maximum absolute atomic E-state index is 11.6. The number of rotatable bonds is 3. The van der Waals surface area contributed by atoms with Crippen LogP contribution in [0.3, 0.4) is 0 Å². The van der Waals surface area contributed by atoms with Gasteiger partial charge in [0.1, 0.15) is 0 Å². The minimum absolute atomic E-state index is 0.256. The highest BCUT2D eigenvalue weighted by molar-refractivity contribution is 5.84. The molecule has 5 nitrogen and oxygen atoms in total. The largest absolute Gasteiger partial charge is 0.368 e. The van der Waals surface area contributed by atoms with E-state index in [-0.39, 0.29) is 11.9 Å². The Morgan fingerprint density at radius 1 is 1.71 bits per heavy atom. The average molecular weight is 236 g/mol. The molecular weight excluding hydrogens is 216 g/mol. The van der Waals surface area contributed by atoms with Gasteiger partial charge in [-0.15, -0.1) is 0 Å². The molecule has 0 aliphatic heterocycles. The summed E-state index contributed by atoms with van der Waals surface area (Å²) in [6.07, 6.45) is 5.56. The van der Waals surface area contributed by atoms with E-state index in [1.807, 2.05) is 30.9 Å². The van der Waals surface area contributed by atoms with Crippen LogP contribution < -0.4 is 11.1 Å². The molecule has 1 saturated carbocycles. The Balaban J connectivity index is 2.19. The topological polar surface area (TPSA) is 72.9 Å². The number of hydrogen-bond donors (Lipinski definition) is 2. The summed E-state index contributed by atoms with van der Waals surface area (Å²) < 4.78 is 1.96. The number of primary amides is 1. The van der Waals surface area contributed by atoms with E-state index in [2.05, 4.69) is 10.4 Å². The predicted molar refractivity (Wildman–Crippen MR) is 65.5 cm³/mol. The number of amides is 1. The fraction of sp³-hybridized carbons (Fsp3) is 0.667. The van der Waals surface area contributed by atoms with Crippen LogP contribution in [-0.2, 0) is 4.79 Å². The normalized spacial score (nSPS) is 29.2. The lowest BCUT2D eigenvalue weighted by Gasteiger charge is -2.38. The van der Waals surface area contributed by atoms with Gasteiger partial charge in [-0.1, -0.05) is 0 Å². The van der Waals surface area contributed by atoms with E-state index >= 15 is 0 Å². The highest BCUT2D eigenvalue weighted by Crippen LogP contribution is 2.34. The van der Waals surface area contributed by atoms with Crippen molar-refractivity contribution in [2.45, 2.75) is 44.2 Å².